The Morgan fingerprint density at radius 1 is 1.14 bits per heavy atom. The third kappa shape index (κ3) is 2.74. The second-order valence-corrected chi connectivity index (χ2v) is 6.65. The van der Waals surface area contributed by atoms with Gasteiger partial charge in [0.15, 0.2) is 17.3 Å². The van der Waals surface area contributed by atoms with Crippen molar-refractivity contribution in [3.63, 3.8) is 0 Å². The van der Waals surface area contributed by atoms with E-state index in [1.54, 1.807) is 19.9 Å². The van der Waals surface area contributed by atoms with Crippen molar-refractivity contribution < 1.29 is 22.4 Å². The van der Waals surface area contributed by atoms with Crippen molar-refractivity contribution in [2.75, 3.05) is 17.9 Å². The van der Waals surface area contributed by atoms with Gasteiger partial charge in [0.1, 0.15) is 11.4 Å². The lowest BCUT2D eigenvalue weighted by atomic mass is 10.3. The Kier molecular flexibility index (Phi) is 3.69. The molecule has 0 spiro atoms. The summed E-state index contributed by atoms with van der Waals surface area (Å²) < 4.78 is 43.5. The Morgan fingerprint density at radius 2 is 1.86 bits per heavy atom. The van der Waals surface area contributed by atoms with Crippen LogP contribution in [0.1, 0.15) is 17.9 Å². The summed E-state index contributed by atoms with van der Waals surface area (Å²) >= 11 is 0. The van der Waals surface area contributed by atoms with Gasteiger partial charge in [-0.2, -0.15) is 0 Å². The fourth-order valence-electron chi connectivity index (χ4n) is 2.13. The molecule has 0 saturated carbocycles. The van der Waals surface area contributed by atoms with Gasteiger partial charge in [-0.1, -0.05) is 5.16 Å². The van der Waals surface area contributed by atoms with E-state index in [-0.39, 0.29) is 4.90 Å². The number of fused-ring (bicyclic) bond motifs is 1. The fourth-order valence-corrected chi connectivity index (χ4v) is 3.32. The second-order valence-electron chi connectivity index (χ2n) is 4.96. The molecule has 1 aromatic heterocycles. The van der Waals surface area contributed by atoms with Crippen molar-refractivity contribution in [3.05, 3.63) is 29.7 Å². The van der Waals surface area contributed by atoms with E-state index in [1.807, 2.05) is 0 Å². The molecule has 3 rings (SSSR count). The molecule has 1 N–H and O–H groups in total. The van der Waals surface area contributed by atoms with Gasteiger partial charge in [0.2, 0.25) is 0 Å². The minimum Gasteiger partial charge on any atom is -0.490 e. The van der Waals surface area contributed by atoms with E-state index >= 15 is 0 Å². The number of ether oxygens (including phenoxy) is 2. The SMILES string of the molecule is Cc1noc(C)c1NS(=O)(=O)c1ccc2c(c1)OCCCO2. The number of hydrogen-bond donors (Lipinski definition) is 1. The molecule has 7 nitrogen and oxygen atoms in total. The van der Waals surface area contributed by atoms with Crippen LogP contribution in [0.2, 0.25) is 0 Å². The fraction of sp³-hybridized carbons (Fsp3) is 0.357. The lowest BCUT2D eigenvalue weighted by Crippen LogP contribution is -2.14. The van der Waals surface area contributed by atoms with Crippen LogP contribution in [0.25, 0.3) is 0 Å². The number of aryl methyl sites for hydroxylation is 2. The van der Waals surface area contributed by atoms with E-state index in [9.17, 15) is 8.42 Å². The molecule has 0 unspecified atom stereocenters. The van der Waals surface area contributed by atoms with Crippen LogP contribution in [0.4, 0.5) is 5.69 Å². The first-order valence-corrected chi connectivity index (χ1v) is 8.31. The maximum absolute atomic E-state index is 12.5. The van der Waals surface area contributed by atoms with E-state index in [2.05, 4.69) is 9.88 Å². The number of nitrogens with zero attached hydrogens (tertiary/aromatic N) is 1. The van der Waals surface area contributed by atoms with E-state index in [1.165, 1.54) is 12.1 Å². The van der Waals surface area contributed by atoms with Crippen molar-refractivity contribution in [2.24, 2.45) is 0 Å². The minimum absolute atomic E-state index is 0.0942. The molecule has 0 aliphatic carbocycles. The summed E-state index contributed by atoms with van der Waals surface area (Å²) in [6.07, 6.45) is 0.758. The average molecular weight is 324 g/mol. The van der Waals surface area contributed by atoms with Crippen LogP contribution in [0.15, 0.2) is 27.6 Å². The molecule has 0 radical (unpaired) electrons. The van der Waals surface area contributed by atoms with Crippen LogP contribution in [-0.4, -0.2) is 26.8 Å². The van der Waals surface area contributed by atoms with Crippen molar-refractivity contribution in [2.45, 2.75) is 25.2 Å². The third-order valence-electron chi connectivity index (χ3n) is 3.30. The first-order valence-electron chi connectivity index (χ1n) is 6.83. The maximum atomic E-state index is 12.5. The molecule has 8 heteroatoms. The molecule has 2 aromatic rings. The molecule has 0 saturated heterocycles. The molecule has 0 amide bonds. The predicted octanol–water partition coefficient (Wildman–Crippen LogP) is 2.25. The lowest BCUT2D eigenvalue weighted by Gasteiger charge is -2.11. The number of benzene rings is 1. The van der Waals surface area contributed by atoms with Crippen LogP contribution in [-0.2, 0) is 10.0 Å². The quantitative estimate of drug-likeness (QED) is 0.931. The normalized spacial score (nSPS) is 14.5. The molecule has 0 bridgehead atoms. The maximum Gasteiger partial charge on any atom is 0.262 e. The molecule has 0 fully saturated rings. The highest BCUT2D eigenvalue weighted by molar-refractivity contribution is 7.92. The van der Waals surface area contributed by atoms with Gasteiger partial charge in [-0.25, -0.2) is 8.42 Å². The van der Waals surface area contributed by atoms with Gasteiger partial charge in [-0.05, 0) is 26.0 Å². The Labute approximate surface area is 128 Å². The number of nitrogens with one attached hydrogen (secondary N) is 1. The summed E-state index contributed by atoms with van der Waals surface area (Å²) in [7, 11) is -3.76. The van der Waals surface area contributed by atoms with Crippen molar-refractivity contribution >= 4 is 15.7 Å². The van der Waals surface area contributed by atoms with Gasteiger partial charge in [0.25, 0.3) is 10.0 Å². The van der Waals surface area contributed by atoms with Crippen LogP contribution in [0.5, 0.6) is 11.5 Å². The van der Waals surface area contributed by atoms with Gasteiger partial charge in [-0.15, -0.1) is 0 Å². The number of aromatic nitrogens is 1. The lowest BCUT2D eigenvalue weighted by molar-refractivity contribution is 0.297. The summed E-state index contributed by atoms with van der Waals surface area (Å²) in [6, 6.07) is 4.54. The zero-order valence-corrected chi connectivity index (χ0v) is 13.1. The van der Waals surface area contributed by atoms with Crippen molar-refractivity contribution in [3.8, 4) is 11.5 Å². The Hall–Kier alpha value is -2.22. The van der Waals surface area contributed by atoms with Crippen LogP contribution in [0.3, 0.4) is 0 Å². The van der Waals surface area contributed by atoms with E-state index in [0.29, 0.717) is 41.9 Å². The number of anilines is 1. The van der Waals surface area contributed by atoms with Gasteiger partial charge in [-0.3, -0.25) is 4.72 Å². The van der Waals surface area contributed by atoms with E-state index < -0.39 is 10.0 Å². The Balaban J connectivity index is 1.94. The highest BCUT2D eigenvalue weighted by atomic mass is 32.2. The first-order chi connectivity index (χ1) is 10.5. The molecule has 22 heavy (non-hydrogen) atoms. The van der Waals surface area contributed by atoms with E-state index in [4.69, 9.17) is 14.0 Å². The summed E-state index contributed by atoms with van der Waals surface area (Å²) in [5.74, 6) is 1.39. The molecule has 1 aliphatic heterocycles. The Bertz CT molecular complexity index is 778. The van der Waals surface area contributed by atoms with Gasteiger partial charge in [0, 0.05) is 12.5 Å². The molecule has 2 heterocycles. The molecule has 1 aromatic carbocycles. The van der Waals surface area contributed by atoms with Crippen LogP contribution >= 0.6 is 0 Å². The average Bonchev–Trinajstić information content (AvgIpc) is 2.71. The molecular weight excluding hydrogens is 308 g/mol. The highest BCUT2D eigenvalue weighted by Crippen LogP contribution is 2.33. The zero-order chi connectivity index (χ0) is 15.7. The zero-order valence-electron chi connectivity index (χ0n) is 12.3. The molecular formula is C14H16N2O5S. The minimum atomic E-state index is -3.76. The predicted molar refractivity (Wildman–Crippen MR) is 78.8 cm³/mol. The molecule has 118 valence electrons. The molecule has 0 atom stereocenters. The van der Waals surface area contributed by atoms with E-state index in [0.717, 1.165) is 6.42 Å². The molecule has 1 aliphatic rings. The largest absolute Gasteiger partial charge is 0.490 e. The second kappa shape index (κ2) is 5.53. The standard InChI is InChI=1S/C14H16N2O5S/c1-9-14(10(2)21-15-9)16-22(17,18)11-4-5-12-13(8-11)20-7-3-6-19-12/h4-5,8,16H,3,6-7H2,1-2H3. The summed E-state index contributed by atoms with van der Waals surface area (Å²) in [5, 5.41) is 3.73. The van der Waals surface area contributed by atoms with Crippen LogP contribution in [0, 0.1) is 13.8 Å². The monoisotopic (exact) mass is 324 g/mol. The highest BCUT2D eigenvalue weighted by Gasteiger charge is 2.22. The van der Waals surface area contributed by atoms with Gasteiger partial charge in [0.05, 0.1) is 18.1 Å². The summed E-state index contributed by atoms with van der Waals surface area (Å²) in [5.41, 5.74) is 0.836. The van der Waals surface area contributed by atoms with Crippen molar-refractivity contribution in [1.29, 1.82) is 0 Å². The van der Waals surface area contributed by atoms with Crippen LogP contribution < -0.4 is 14.2 Å². The number of rotatable bonds is 3. The third-order valence-corrected chi connectivity index (χ3v) is 4.65. The Morgan fingerprint density at radius 3 is 2.55 bits per heavy atom. The summed E-state index contributed by atoms with van der Waals surface area (Å²) in [4.78, 5) is 0.0942. The topological polar surface area (TPSA) is 90.7 Å². The number of hydrogen-bond acceptors (Lipinski definition) is 6. The van der Waals surface area contributed by atoms with Crippen molar-refractivity contribution in [1.82, 2.24) is 5.16 Å². The van der Waals surface area contributed by atoms with Gasteiger partial charge >= 0.3 is 0 Å². The van der Waals surface area contributed by atoms with Gasteiger partial charge < -0.3 is 14.0 Å². The smallest absolute Gasteiger partial charge is 0.262 e. The first kappa shape index (κ1) is 14.7. The number of sulfonamides is 1. The summed E-state index contributed by atoms with van der Waals surface area (Å²) in [6.45, 7) is 4.36.